The molecule has 2 aromatic rings. The van der Waals surface area contributed by atoms with Crippen molar-refractivity contribution in [2.24, 2.45) is 5.73 Å². The maximum Gasteiger partial charge on any atom is 0.0478 e. The van der Waals surface area contributed by atoms with Crippen molar-refractivity contribution in [3.05, 3.63) is 46.4 Å². The first-order valence-electron chi connectivity index (χ1n) is 5.15. The molecule has 1 unspecified atom stereocenters. The Bertz CT molecular complexity index is 401. The van der Waals surface area contributed by atoms with Crippen molar-refractivity contribution in [1.29, 1.82) is 0 Å². The van der Waals surface area contributed by atoms with Crippen LogP contribution in [0.2, 0.25) is 0 Å². The molecular weight excluding hydrogens is 204 g/mol. The third-order valence-corrected chi connectivity index (χ3v) is 3.05. The van der Waals surface area contributed by atoms with Gasteiger partial charge < -0.3 is 10.3 Å². The van der Waals surface area contributed by atoms with Crippen molar-refractivity contribution in [3.8, 4) is 0 Å². The van der Waals surface area contributed by atoms with Crippen molar-refractivity contribution in [2.45, 2.75) is 25.9 Å². The van der Waals surface area contributed by atoms with E-state index in [9.17, 15) is 0 Å². The molecule has 0 aliphatic rings. The van der Waals surface area contributed by atoms with Crippen LogP contribution in [-0.2, 0) is 13.0 Å². The highest BCUT2D eigenvalue weighted by molar-refractivity contribution is 7.07. The molecule has 0 aliphatic carbocycles. The molecule has 2 N–H and O–H groups in total. The third kappa shape index (κ3) is 2.94. The Hall–Kier alpha value is -1.06. The second-order valence-corrected chi connectivity index (χ2v) is 4.79. The number of nitrogens with two attached hydrogens (primary N) is 1. The molecule has 2 heterocycles. The molecule has 0 aliphatic heterocycles. The quantitative estimate of drug-likeness (QED) is 0.843. The second kappa shape index (κ2) is 4.64. The summed E-state index contributed by atoms with van der Waals surface area (Å²) in [6.07, 6.45) is 5.26. The summed E-state index contributed by atoms with van der Waals surface area (Å²) < 4.78 is 2.21. The van der Waals surface area contributed by atoms with Crippen molar-refractivity contribution < 1.29 is 0 Å². The van der Waals surface area contributed by atoms with Crippen LogP contribution in [0.1, 0.15) is 18.1 Å². The van der Waals surface area contributed by atoms with Crippen LogP contribution in [0, 0.1) is 0 Å². The summed E-state index contributed by atoms with van der Waals surface area (Å²) in [7, 11) is 0. The van der Waals surface area contributed by atoms with E-state index in [1.54, 1.807) is 11.3 Å². The highest BCUT2D eigenvalue weighted by Crippen LogP contribution is 2.10. The Labute approximate surface area is 94.3 Å². The zero-order chi connectivity index (χ0) is 10.7. The van der Waals surface area contributed by atoms with Gasteiger partial charge in [-0.1, -0.05) is 0 Å². The first-order chi connectivity index (χ1) is 7.24. The first kappa shape index (κ1) is 10.5. The lowest BCUT2D eigenvalue weighted by Gasteiger charge is -2.02. The molecule has 0 radical (unpaired) electrons. The van der Waals surface area contributed by atoms with E-state index in [1.165, 1.54) is 11.1 Å². The first-order valence-corrected chi connectivity index (χ1v) is 6.09. The summed E-state index contributed by atoms with van der Waals surface area (Å²) in [6, 6.07) is 4.55. The van der Waals surface area contributed by atoms with E-state index < -0.39 is 0 Å². The fourth-order valence-electron chi connectivity index (χ4n) is 1.67. The summed E-state index contributed by atoms with van der Waals surface area (Å²) >= 11 is 1.74. The molecule has 0 aromatic carbocycles. The predicted molar refractivity (Wildman–Crippen MR) is 65.2 cm³/mol. The van der Waals surface area contributed by atoms with Crippen LogP contribution >= 0.6 is 11.3 Å². The van der Waals surface area contributed by atoms with Gasteiger partial charge >= 0.3 is 0 Å². The molecule has 0 spiro atoms. The summed E-state index contributed by atoms with van der Waals surface area (Å²) in [4.78, 5) is 0. The van der Waals surface area contributed by atoms with Gasteiger partial charge in [0.25, 0.3) is 0 Å². The zero-order valence-electron chi connectivity index (χ0n) is 8.89. The van der Waals surface area contributed by atoms with E-state index >= 15 is 0 Å². The molecule has 0 amide bonds. The monoisotopic (exact) mass is 220 g/mol. The lowest BCUT2D eigenvalue weighted by Crippen LogP contribution is -2.17. The zero-order valence-corrected chi connectivity index (χ0v) is 9.70. The average Bonchev–Trinajstić information content (AvgIpc) is 2.77. The van der Waals surface area contributed by atoms with Crippen molar-refractivity contribution in [3.63, 3.8) is 0 Å². The normalized spacial score (nSPS) is 12.9. The maximum atomic E-state index is 5.76. The van der Waals surface area contributed by atoms with E-state index in [0.29, 0.717) is 0 Å². The van der Waals surface area contributed by atoms with Crippen molar-refractivity contribution in [1.82, 2.24) is 4.57 Å². The topological polar surface area (TPSA) is 30.9 Å². The fourth-order valence-corrected chi connectivity index (χ4v) is 2.33. The molecule has 0 saturated carbocycles. The minimum absolute atomic E-state index is 0.238. The fraction of sp³-hybridized carbons (Fsp3) is 0.333. The highest BCUT2D eigenvalue weighted by atomic mass is 32.1. The SMILES string of the molecule is CC(N)Cc1ccn(Cc2ccsc2)c1. The van der Waals surface area contributed by atoms with Crippen LogP contribution < -0.4 is 5.73 Å². The van der Waals surface area contributed by atoms with Gasteiger partial charge in [0.1, 0.15) is 0 Å². The van der Waals surface area contributed by atoms with Crippen molar-refractivity contribution in [2.75, 3.05) is 0 Å². The Morgan fingerprint density at radius 1 is 1.40 bits per heavy atom. The summed E-state index contributed by atoms with van der Waals surface area (Å²) in [5.74, 6) is 0. The van der Waals surface area contributed by atoms with Crippen LogP contribution in [0.25, 0.3) is 0 Å². The van der Waals surface area contributed by atoms with Gasteiger partial charge in [0.2, 0.25) is 0 Å². The molecular formula is C12H16N2S. The van der Waals surface area contributed by atoms with Crippen LogP contribution in [0.4, 0.5) is 0 Å². The minimum Gasteiger partial charge on any atom is -0.350 e. The van der Waals surface area contributed by atoms with Crippen LogP contribution in [0.15, 0.2) is 35.3 Å². The highest BCUT2D eigenvalue weighted by Gasteiger charge is 2.01. The van der Waals surface area contributed by atoms with Gasteiger partial charge in [-0.15, -0.1) is 0 Å². The standard InChI is InChI=1S/C12H16N2S/c1-10(13)6-11-2-4-14(7-11)8-12-3-5-15-9-12/h2-5,7,9-10H,6,8,13H2,1H3. The Morgan fingerprint density at radius 3 is 2.93 bits per heavy atom. The van der Waals surface area contributed by atoms with E-state index in [2.05, 4.69) is 39.9 Å². The largest absolute Gasteiger partial charge is 0.350 e. The molecule has 2 aromatic heterocycles. The third-order valence-electron chi connectivity index (χ3n) is 2.31. The minimum atomic E-state index is 0.238. The van der Waals surface area contributed by atoms with Crippen molar-refractivity contribution >= 4 is 11.3 Å². The van der Waals surface area contributed by atoms with Gasteiger partial charge in [-0.25, -0.2) is 0 Å². The predicted octanol–water partition coefficient (Wildman–Crippen LogP) is 2.49. The average molecular weight is 220 g/mol. The molecule has 2 nitrogen and oxygen atoms in total. The summed E-state index contributed by atoms with van der Waals surface area (Å²) in [5, 5.41) is 4.30. The molecule has 2 rings (SSSR count). The maximum absolute atomic E-state index is 5.76. The Morgan fingerprint density at radius 2 is 2.27 bits per heavy atom. The van der Waals surface area contributed by atoms with Gasteiger partial charge in [0.15, 0.2) is 0 Å². The molecule has 0 bridgehead atoms. The van der Waals surface area contributed by atoms with E-state index in [0.717, 1.165) is 13.0 Å². The summed E-state index contributed by atoms with van der Waals surface area (Å²) in [6.45, 7) is 3.00. The van der Waals surface area contributed by atoms with E-state index in [1.807, 2.05) is 6.92 Å². The lowest BCUT2D eigenvalue weighted by atomic mass is 10.1. The van der Waals surface area contributed by atoms with E-state index in [4.69, 9.17) is 5.73 Å². The number of hydrogen-bond acceptors (Lipinski definition) is 2. The van der Waals surface area contributed by atoms with Gasteiger partial charge in [-0.2, -0.15) is 11.3 Å². The van der Waals surface area contributed by atoms with Gasteiger partial charge in [-0.3, -0.25) is 0 Å². The Balaban J connectivity index is 2.01. The number of rotatable bonds is 4. The number of aromatic nitrogens is 1. The number of nitrogens with zero attached hydrogens (tertiary/aromatic N) is 1. The van der Waals surface area contributed by atoms with Crippen LogP contribution in [0.3, 0.4) is 0 Å². The molecule has 3 heteroatoms. The molecule has 80 valence electrons. The second-order valence-electron chi connectivity index (χ2n) is 4.01. The van der Waals surface area contributed by atoms with Crippen LogP contribution in [-0.4, -0.2) is 10.6 Å². The Kier molecular flexibility index (Phi) is 3.23. The molecule has 0 saturated heterocycles. The van der Waals surface area contributed by atoms with Gasteiger partial charge in [-0.05, 0) is 47.4 Å². The molecule has 0 fully saturated rings. The van der Waals surface area contributed by atoms with E-state index in [-0.39, 0.29) is 6.04 Å². The smallest absolute Gasteiger partial charge is 0.0478 e. The number of hydrogen-bond donors (Lipinski definition) is 1. The van der Waals surface area contributed by atoms with Gasteiger partial charge in [0.05, 0.1) is 0 Å². The molecule has 1 atom stereocenters. The van der Waals surface area contributed by atoms with Crippen LogP contribution in [0.5, 0.6) is 0 Å². The van der Waals surface area contributed by atoms with Gasteiger partial charge in [0, 0.05) is 25.0 Å². The molecule has 15 heavy (non-hydrogen) atoms. The summed E-state index contributed by atoms with van der Waals surface area (Å²) in [5.41, 5.74) is 8.45. The number of thiophene rings is 1. The lowest BCUT2D eigenvalue weighted by molar-refractivity contribution is 0.732.